The molecule has 3 heteroatoms. The minimum Gasteiger partial charge on any atom is -0.294 e. The van der Waals surface area contributed by atoms with Gasteiger partial charge < -0.3 is 0 Å². The molecule has 6 rings (SSSR count). The lowest BCUT2D eigenvalue weighted by Crippen LogP contribution is -1.95. The zero-order valence-corrected chi connectivity index (χ0v) is 14.7. The summed E-state index contributed by atoms with van der Waals surface area (Å²) in [5.74, 6) is 0.958. The Labute approximate surface area is 153 Å². The van der Waals surface area contributed by atoms with Crippen molar-refractivity contribution in [1.29, 1.82) is 0 Å². The Bertz CT molecular complexity index is 1420. The van der Waals surface area contributed by atoms with E-state index < -0.39 is 0 Å². The van der Waals surface area contributed by atoms with Crippen molar-refractivity contribution in [2.75, 3.05) is 0 Å². The van der Waals surface area contributed by atoms with Gasteiger partial charge in [-0.15, -0.1) is 11.3 Å². The van der Waals surface area contributed by atoms with Gasteiger partial charge in [0.15, 0.2) is 0 Å². The first-order chi connectivity index (χ1) is 12.9. The molecule has 0 radical (unpaired) electrons. The highest BCUT2D eigenvalue weighted by molar-refractivity contribution is 7.26. The van der Waals surface area contributed by atoms with Gasteiger partial charge in [0.2, 0.25) is 0 Å². The quantitative estimate of drug-likeness (QED) is 0.329. The van der Waals surface area contributed by atoms with Crippen molar-refractivity contribution >= 4 is 53.3 Å². The first-order valence-electron chi connectivity index (χ1n) is 8.66. The van der Waals surface area contributed by atoms with Crippen LogP contribution >= 0.6 is 11.3 Å². The smallest absolute Gasteiger partial charge is 0.137 e. The maximum Gasteiger partial charge on any atom is 0.137 e. The molecule has 0 spiro atoms. The van der Waals surface area contributed by atoms with Crippen molar-refractivity contribution in [3.05, 3.63) is 85.1 Å². The maximum absolute atomic E-state index is 4.61. The summed E-state index contributed by atoms with van der Waals surface area (Å²) in [5.41, 5.74) is 2.41. The first-order valence-corrected chi connectivity index (χ1v) is 9.48. The van der Waals surface area contributed by atoms with Crippen LogP contribution in [-0.4, -0.2) is 9.55 Å². The Morgan fingerprint density at radius 1 is 0.654 bits per heavy atom. The number of hydrogen-bond acceptors (Lipinski definition) is 2. The molecule has 0 fully saturated rings. The van der Waals surface area contributed by atoms with Crippen LogP contribution < -0.4 is 0 Å². The van der Waals surface area contributed by atoms with E-state index >= 15 is 0 Å². The fourth-order valence-corrected chi connectivity index (χ4v) is 5.23. The topological polar surface area (TPSA) is 17.8 Å². The van der Waals surface area contributed by atoms with Crippen molar-refractivity contribution in [2.45, 2.75) is 0 Å². The number of pyridine rings is 1. The SMILES string of the molecule is c1ccc(-n2c3ccccc3c3c4sc5ccccc5c4ccc32)nc1. The molecule has 3 aromatic carbocycles. The van der Waals surface area contributed by atoms with Crippen LogP contribution in [0.2, 0.25) is 0 Å². The number of hydrogen-bond donors (Lipinski definition) is 0. The molecular weight excluding hydrogens is 336 g/mol. The number of aromatic nitrogens is 2. The number of nitrogens with zero attached hydrogens (tertiary/aromatic N) is 2. The lowest BCUT2D eigenvalue weighted by Gasteiger charge is -2.05. The lowest BCUT2D eigenvalue weighted by atomic mass is 10.1. The molecule has 0 N–H and O–H groups in total. The summed E-state index contributed by atoms with van der Waals surface area (Å²) < 4.78 is 4.97. The summed E-state index contributed by atoms with van der Waals surface area (Å²) in [6.45, 7) is 0. The van der Waals surface area contributed by atoms with Gasteiger partial charge >= 0.3 is 0 Å². The molecule has 3 heterocycles. The van der Waals surface area contributed by atoms with Gasteiger partial charge in [0.1, 0.15) is 5.82 Å². The fraction of sp³-hybridized carbons (Fsp3) is 0. The van der Waals surface area contributed by atoms with Crippen molar-refractivity contribution < 1.29 is 0 Å². The van der Waals surface area contributed by atoms with Gasteiger partial charge in [-0.2, -0.15) is 0 Å². The second-order valence-electron chi connectivity index (χ2n) is 6.48. The normalized spacial score (nSPS) is 11.8. The molecule has 0 unspecified atom stereocenters. The van der Waals surface area contributed by atoms with Crippen LogP contribution in [0.25, 0.3) is 47.8 Å². The molecule has 0 aliphatic rings. The molecular formula is C23H14N2S. The summed E-state index contributed by atoms with van der Waals surface area (Å²) in [7, 11) is 0. The number of benzene rings is 3. The van der Waals surface area contributed by atoms with Crippen LogP contribution in [0.15, 0.2) is 85.1 Å². The fourth-order valence-electron chi connectivity index (χ4n) is 3.97. The predicted molar refractivity (Wildman–Crippen MR) is 111 cm³/mol. The van der Waals surface area contributed by atoms with Crippen LogP contribution in [0.5, 0.6) is 0 Å². The van der Waals surface area contributed by atoms with Gasteiger partial charge in [0.05, 0.1) is 11.0 Å². The van der Waals surface area contributed by atoms with Crippen LogP contribution in [0.3, 0.4) is 0 Å². The molecule has 122 valence electrons. The van der Waals surface area contributed by atoms with E-state index in [1.807, 2.05) is 29.7 Å². The minimum atomic E-state index is 0.958. The van der Waals surface area contributed by atoms with Crippen molar-refractivity contribution in [3.63, 3.8) is 0 Å². The Balaban J connectivity index is 1.89. The molecule has 6 aromatic rings. The van der Waals surface area contributed by atoms with Crippen LogP contribution in [0.4, 0.5) is 0 Å². The highest BCUT2D eigenvalue weighted by Gasteiger charge is 2.17. The lowest BCUT2D eigenvalue weighted by molar-refractivity contribution is 1.08. The van der Waals surface area contributed by atoms with Gasteiger partial charge in [-0.05, 0) is 30.3 Å². The minimum absolute atomic E-state index is 0.958. The van der Waals surface area contributed by atoms with Gasteiger partial charge in [0.25, 0.3) is 0 Å². The number of para-hydroxylation sites is 1. The summed E-state index contributed by atoms with van der Waals surface area (Å²) in [5, 5.41) is 5.28. The third-order valence-electron chi connectivity index (χ3n) is 5.06. The average molecular weight is 350 g/mol. The van der Waals surface area contributed by atoms with Gasteiger partial charge in [-0.1, -0.05) is 48.5 Å². The largest absolute Gasteiger partial charge is 0.294 e. The van der Waals surface area contributed by atoms with E-state index in [2.05, 4.69) is 76.3 Å². The third kappa shape index (κ3) is 1.78. The summed E-state index contributed by atoms with van der Waals surface area (Å²) >= 11 is 1.88. The zero-order chi connectivity index (χ0) is 17.1. The second-order valence-corrected chi connectivity index (χ2v) is 7.53. The molecule has 0 amide bonds. The van der Waals surface area contributed by atoms with Gasteiger partial charge in [0, 0.05) is 37.1 Å². The number of fused-ring (bicyclic) bond motifs is 7. The maximum atomic E-state index is 4.61. The molecule has 26 heavy (non-hydrogen) atoms. The monoisotopic (exact) mass is 350 g/mol. The summed E-state index contributed by atoms with van der Waals surface area (Å²) in [6, 6.07) is 27.9. The van der Waals surface area contributed by atoms with Crippen LogP contribution in [0, 0.1) is 0 Å². The molecule has 0 aliphatic heterocycles. The van der Waals surface area contributed by atoms with Crippen molar-refractivity contribution in [2.24, 2.45) is 0 Å². The van der Waals surface area contributed by atoms with E-state index in [0.717, 1.165) is 5.82 Å². The van der Waals surface area contributed by atoms with Crippen LogP contribution in [-0.2, 0) is 0 Å². The molecule has 0 bridgehead atoms. The Morgan fingerprint density at radius 2 is 1.46 bits per heavy atom. The molecule has 0 atom stereocenters. The number of rotatable bonds is 1. The van der Waals surface area contributed by atoms with E-state index in [1.54, 1.807) is 0 Å². The number of thiophene rings is 1. The Morgan fingerprint density at radius 3 is 2.35 bits per heavy atom. The van der Waals surface area contributed by atoms with Crippen molar-refractivity contribution in [1.82, 2.24) is 9.55 Å². The van der Waals surface area contributed by atoms with E-state index in [-0.39, 0.29) is 0 Å². The van der Waals surface area contributed by atoms with Gasteiger partial charge in [-0.25, -0.2) is 4.98 Å². The molecule has 0 saturated heterocycles. The summed E-state index contributed by atoms with van der Waals surface area (Å²) in [4.78, 5) is 4.61. The summed E-state index contributed by atoms with van der Waals surface area (Å²) in [6.07, 6.45) is 1.86. The standard InChI is InChI=1S/C23H14N2S/c1-3-9-18-17(8-1)22-19(25(18)21-11-5-6-14-24-21)13-12-16-15-7-2-4-10-20(15)26-23(16)22/h1-14H. The van der Waals surface area contributed by atoms with E-state index in [4.69, 9.17) is 0 Å². The van der Waals surface area contributed by atoms with Crippen molar-refractivity contribution in [3.8, 4) is 5.82 Å². The van der Waals surface area contributed by atoms with Crippen LogP contribution in [0.1, 0.15) is 0 Å². The highest BCUT2D eigenvalue weighted by Crippen LogP contribution is 2.42. The van der Waals surface area contributed by atoms with E-state index in [0.29, 0.717) is 0 Å². The zero-order valence-electron chi connectivity index (χ0n) is 13.9. The second kappa shape index (κ2) is 5.16. The average Bonchev–Trinajstić information content (AvgIpc) is 3.24. The molecule has 0 saturated carbocycles. The molecule has 2 nitrogen and oxygen atoms in total. The van der Waals surface area contributed by atoms with E-state index in [1.165, 1.54) is 42.0 Å². The third-order valence-corrected chi connectivity index (χ3v) is 6.26. The highest BCUT2D eigenvalue weighted by atomic mass is 32.1. The first kappa shape index (κ1) is 14.0. The van der Waals surface area contributed by atoms with Gasteiger partial charge in [-0.3, -0.25) is 4.57 Å². The predicted octanol–water partition coefficient (Wildman–Crippen LogP) is 6.55. The Kier molecular flexibility index (Phi) is 2.79. The molecule has 3 aromatic heterocycles. The van der Waals surface area contributed by atoms with E-state index in [9.17, 15) is 0 Å². The Hall–Kier alpha value is -3.17. The molecule has 0 aliphatic carbocycles.